The van der Waals surface area contributed by atoms with Crippen LogP contribution in [0.5, 0.6) is 0 Å². The van der Waals surface area contributed by atoms with E-state index in [4.69, 9.17) is 42.6 Å². The lowest BCUT2D eigenvalue weighted by Gasteiger charge is -2.51. The minimum Gasteiger partial charge on any atom is -0.445 e. The van der Waals surface area contributed by atoms with Crippen LogP contribution < -0.4 is 10.6 Å². The van der Waals surface area contributed by atoms with E-state index in [2.05, 4.69) is 10.6 Å². The van der Waals surface area contributed by atoms with Gasteiger partial charge in [0.1, 0.15) is 49.8 Å². The van der Waals surface area contributed by atoms with E-state index < -0.39 is 129 Å². The van der Waals surface area contributed by atoms with Crippen LogP contribution in [0.15, 0.2) is 60.7 Å². The van der Waals surface area contributed by atoms with Gasteiger partial charge in [-0.15, -0.1) is 0 Å². The summed E-state index contributed by atoms with van der Waals surface area (Å²) in [6.45, 7) is 2.73. The molecule has 5 heterocycles. The zero-order chi connectivity index (χ0) is 42.0. The molecule has 9 unspecified atom stereocenters. The average molecular weight is 834 g/mol. The molecule has 0 aromatic heterocycles. The highest BCUT2D eigenvalue weighted by Crippen LogP contribution is 2.42. The van der Waals surface area contributed by atoms with Crippen LogP contribution in [0.1, 0.15) is 31.4 Å². The zero-order valence-corrected chi connectivity index (χ0v) is 32.5. The second-order valence-electron chi connectivity index (χ2n) is 15.3. The predicted octanol–water partition coefficient (Wildman–Crippen LogP) is 0.0155. The van der Waals surface area contributed by atoms with Gasteiger partial charge in [-0.3, -0.25) is 15.5 Å². The topological polar surface area (TPSA) is 263 Å². The largest absolute Gasteiger partial charge is 0.445 e. The van der Waals surface area contributed by atoms with Gasteiger partial charge in [-0.1, -0.05) is 74.5 Å². The van der Waals surface area contributed by atoms with E-state index in [1.165, 1.54) is 11.9 Å². The quantitative estimate of drug-likeness (QED) is 0.147. The van der Waals surface area contributed by atoms with Gasteiger partial charge in [0.15, 0.2) is 37.4 Å². The minimum atomic E-state index is -1.79. The molecule has 0 spiro atoms. The molecule has 0 radical (unpaired) electrons. The number of hydrogen-bond acceptors (Lipinski definition) is 17. The van der Waals surface area contributed by atoms with E-state index in [1.807, 2.05) is 0 Å². The molecule has 2 aromatic carbocycles. The fourth-order valence-electron chi connectivity index (χ4n) is 7.85. The molecule has 17 atom stereocenters. The lowest BCUT2D eigenvalue weighted by Crippen LogP contribution is -2.68. The summed E-state index contributed by atoms with van der Waals surface area (Å²) in [6.07, 6.45) is -20.8. The highest BCUT2D eigenvalue weighted by Gasteiger charge is 2.60. The third-order valence-electron chi connectivity index (χ3n) is 11.3. The summed E-state index contributed by atoms with van der Waals surface area (Å²) in [5.74, 6) is -1.12. The minimum absolute atomic E-state index is 0.0945. The summed E-state index contributed by atoms with van der Waals surface area (Å²) in [6, 6.07) is 16.8. The van der Waals surface area contributed by atoms with Gasteiger partial charge < -0.3 is 68.2 Å². The summed E-state index contributed by atoms with van der Waals surface area (Å²) in [4.78, 5) is 40.1. The van der Waals surface area contributed by atoms with E-state index >= 15 is 0 Å². The van der Waals surface area contributed by atoms with Crippen LogP contribution in [0.2, 0.25) is 0 Å². The Hall–Kier alpha value is -4.19. The van der Waals surface area contributed by atoms with Gasteiger partial charge in [0.2, 0.25) is 0 Å². The molecule has 3 amide bonds. The van der Waals surface area contributed by atoms with Gasteiger partial charge in [0.05, 0.1) is 24.9 Å². The molecular formula is C39H51N3O17. The van der Waals surface area contributed by atoms with E-state index in [1.54, 1.807) is 74.5 Å². The lowest BCUT2D eigenvalue weighted by atomic mass is 9.87. The van der Waals surface area contributed by atoms with Crippen LogP contribution in [0.25, 0.3) is 0 Å². The van der Waals surface area contributed by atoms with Gasteiger partial charge >= 0.3 is 18.3 Å². The Kier molecular flexibility index (Phi) is 13.5. The fraction of sp³-hybridized carbons (Fsp3) is 0.615. The van der Waals surface area contributed by atoms with Crippen molar-refractivity contribution in [2.45, 2.75) is 126 Å². The van der Waals surface area contributed by atoms with Crippen LogP contribution >= 0.6 is 0 Å². The molecule has 5 saturated heterocycles. The van der Waals surface area contributed by atoms with Crippen LogP contribution in [0.4, 0.5) is 14.4 Å². The second-order valence-corrected chi connectivity index (χ2v) is 15.3. The molecule has 7 rings (SSSR count). The zero-order valence-electron chi connectivity index (χ0n) is 32.5. The van der Waals surface area contributed by atoms with E-state index in [-0.39, 0.29) is 19.6 Å². The Morgan fingerprint density at radius 2 is 1.34 bits per heavy atom. The number of nitrogens with one attached hydrogen (secondary N) is 2. The molecule has 324 valence electrons. The number of carbonyl (C=O) groups is 3. The molecule has 5 aliphatic rings. The monoisotopic (exact) mass is 833 g/mol. The second kappa shape index (κ2) is 18.6. The van der Waals surface area contributed by atoms with E-state index in [0.29, 0.717) is 11.1 Å². The maximum absolute atomic E-state index is 13.1. The molecule has 2 aromatic rings. The molecule has 0 saturated carbocycles. The van der Waals surface area contributed by atoms with Gasteiger partial charge in [-0.25, -0.2) is 14.4 Å². The van der Waals surface area contributed by atoms with Crippen LogP contribution in [-0.4, -0.2) is 155 Å². The number of rotatable bonds is 11. The van der Waals surface area contributed by atoms with Crippen molar-refractivity contribution < 1.29 is 82.5 Å². The number of alkyl carbamates (subject to hydrolysis) is 2. The maximum Gasteiger partial charge on any atom is 0.410 e. The van der Waals surface area contributed by atoms with Crippen molar-refractivity contribution in [3.05, 3.63) is 71.8 Å². The number of likely N-dealkylation sites (N-methyl/N-ethyl adjacent to an activating group) is 1. The number of nitrogens with zero attached hydrogens (tertiary/aromatic N) is 1. The molecule has 7 N–H and O–H groups in total. The standard InChI is InChI=1S/C39H51N3O17/c1-18-14-22-29(30-24(42(3)39(50)57-30)35(53-22)59-36-28(47)25(44)19(2)23(15-43)54-36)55-34(18)56-31-26(45)27(46)32(40-37(48)51-16-20-10-6-4-7-11-20)58-33(31)41-38(49)52-17-21-12-8-5-9-13-21/h4-13,18-19,22-36,43-47H,14-17H2,1-3H3,(H,40,48)(H,41,49)/t18?,19-,22+,23?,24?,25+,26-,27?,28?,29?,30?,31+,32-,33?,34-,35?,36-/m1/s1. The number of hydrogen-bond donors (Lipinski definition) is 7. The van der Waals surface area contributed by atoms with Crippen molar-refractivity contribution in [2.75, 3.05) is 13.7 Å². The van der Waals surface area contributed by atoms with Gasteiger partial charge in [-0.2, -0.15) is 0 Å². The van der Waals surface area contributed by atoms with Crippen molar-refractivity contribution in [1.29, 1.82) is 0 Å². The molecular weight excluding hydrogens is 782 g/mol. The lowest BCUT2D eigenvalue weighted by molar-refractivity contribution is -0.381. The highest BCUT2D eigenvalue weighted by atomic mass is 16.8. The third-order valence-corrected chi connectivity index (χ3v) is 11.3. The number of aliphatic hydroxyl groups is 5. The Bertz CT molecular complexity index is 1730. The van der Waals surface area contributed by atoms with Crippen LogP contribution in [-0.2, 0) is 55.8 Å². The molecule has 5 fully saturated rings. The smallest absolute Gasteiger partial charge is 0.410 e. The van der Waals surface area contributed by atoms with E-state index in [0.717, 1.165) is 0 Å². The van der Waals surface area contributed by atoms with Crippen molar-refractivity contribution in [1.82, 2.24) is 15.5 Å². The van der Waals surface area contributed by atoms with Crippen molar-refractivity contribution >= 4 is 18.3 Å². The van der Waals surface area contributed by atoms with Crippen molar-refractivity contribution in [3.8, 4) is 0 Å². The van der Waals surface area contributed by atoms with E-state index in [9.17, 15) is 39.9 Å². The summed E-state index contributed by atoms with van der Waals surface area (Å²) in [7, 11) is 1.46. The van der Waals surface area contributed by atoms with Crippen LogP contribution in [0, 0.1) is 11.8 Å². The van der Waals surface area contributed by atoms with Gasteiger partial charge in [-0.05, 0) is 17.5 Å². The molecule has 0 aliphatic carbocycles. The van der Waals surface area contributed by atoms with Gasteiger partial charge in [0, 0.05) is 18.9 Å². The average Bonchev–Trinajstić information content (AvgIpc) is 3.54. The predicted molar refractivity (Wildman–Crippen MR) is 196 cm³/mol. The SMILES string of the molecule is CC1C[C@@H]2OC(O[C@H]3OC(CO)[C@@H](C)[C@H](O)C3O)C3C(OC(=O)N3C)C2O[C@@H]1O[C@@H]1C(NC(=O)OCc2ccccc2)O[C@@H](NC(=O)OCc2ccccc2)C(O)[C@H]1O. The third kappa shape index (κ3) is 9.42. The Labute approximate surface area is 339 Å². The number of amides is 3. The number of benzene rings is 2. The fourth-order valence-corrected chi connectivity index (χ4v) is 7.85. The Morgan fingerprint density at radius 3 is 1.95 bits per heavy atom. The summed E-state index contributed by atoms with van der Waals surface area (Å²) < 4.78 is 53.2. The Morgan fingerprint density at radius 1 is 0.729 bits per heavy atom. The van der Waals surface area contributed by atoms with Crippen molar-refractivity contribution in [2.24, 2.45) is 11.8 Å². The van der Waals surface area contributed by atoms with Gasteiger partial charge in [0.25, 0.3) is 0 Å². The molecule has 20 heteroatoms. The first-order valence-electron chi connectivity index (χ1n) is 19.5. The number of carbonyl (C=O) groups excluding carboxylic acids is 3. The van der Waals surface area contributed by atoms with Crippen LogP contribution in [0.3, 0.4) is 0 Å². The molecule has 59 heavy (non-hydrogen) atoms. The first-order chi connectivity index (χ1) is 28.3. The van der Waals surface area contributed by atoms with Crippen molar-refractivity contribution in [3.63, 3.8) is 0 Å². The molecule has 20 nitrogen and oxygen atoms in total. The Balaban J connectivity index is 1.05. The first kappa shape index (κ1) is 42.9. The summed E-state index contributed by atoms with van der Waals surface area (Å²) >= 11 is 0. The first-order valence-corrected chi connectivity index (χ1v) is 19.5. The molecule has 0 bridgehead atoms. The summed E-state index contributed by atoms with van der Waals surface area (Å²) in [5.41, 5.74) is 1.39. The highest BCUT2D eigenvalue weighted by molar-refractivity contribution is 5.71. The maximum atomic E-state index is 13.1. The summed E-state index contributed by atoms with van der Waals surface area (Å²) in [5, 5.41) is 58.8. The number of aliphatic hydroxyl groups excluding tert-OH is 5. The number of fused-ring (bicyclic) bond motifs is 3. The normalized spacial score (nSPS) is 39.3. The number of ether oxygens (including phenoxy) is 9. The molecule has 5 aliphatic heterocycles.